The first-order valence-corrected chi connectivity index (χ1v) is 4.77. The molecule has 0 saturated carbocycles. The molecule has 0 fully saturated rings. The summed E-state index contributed by atoms with van der Waals surface area (Å²) in [7, 11) is 1.47. The number of hydrogen-bond acceptors (Lipinski definition) is 4. The number of aromatic amines is 1. The molecule has 0 saturated heterocycles. The standard InChI is InChI=1S/C10H14N2O4/c1-16-6-8(13)5-12-10(15)7-2-3-9(14)11-4-7/h2-4,8,13H,5-6H2,1H3,(H,11,14)(H,12,15). The van der Waals surface area contributed by atoms with Crippen LogP contribution in [-0.4, -0.2) is 42.4 Å². The first-order valence-electron chi connectivity index (χ1n) is 4.77. The Morgan fingerprint density at radius 3 is 2.94 bits per heavy atom. The molecular formula is C10H14N2O4. The molecule has 0 aromatic carbocycles. The summed E-state index contributed by atoms with van der Waals surface area (Å²) in [5.41, 5.74) is 0.0696. The lowest BCUT2D eigenvalue weighted by molar-refractivity contribution is 0.0609. The van der Waals surface area contributed by atoms with E-state index in [-0.39, 0.29) is 24.6 Å². The quantitative estimate of drug-likeness (QED) is 0.607. The summed E-state index contributed by atoms with van der Waals surface area (Å²) in [6.45, 7) is 0.262. The van der Waals surface area contributed by atoms with Crippen LogP contribution in [0.1, 0.15) is 10.4 Å². The molecular weight excluding hydrogens is 212 g/mol. The van der Waals surface area contributed by atoms with Gasteiger partial charge >= 0.3 is 0 Å². The van der Waals surface area contributed by atoms with E-state index in [2.05, 4.69) is 10.3 Å². The molecule has 1 amide bonds. The maximum atomic E-state index is 11.5. The Hall–Kier alpha value is -1.66. The molecule has 0 aliphatic rings. The number of aromatic nitrogens is 1. The molecule has 0 bridgehead atoms. The molecule has 88 valence electrons. The first kappa shape index (κ1) is 12.4. The van der Waals surface area contributed by atoms with Gasteiger partial charge in [0.1, 0.15) is 0 Å². The maximum Gasteiger partial charge on any atom is 0.252 e. The zero-order valence-electron chi connectivity index (χ0n) is 8.90. The highest BCUT2D eigenvalue weighted by molar-refractivity contribution is 5.93. The Labute approximate surface area is 92.3 Å². The number of ether oxygens (including phenoxy) is 1. The van der Waals surface area contributed by atoms with Crippen LogP contribution in [-0.2, 0) is 4.74 Å². The summed E-state index contributed by atoms with van der Waals surface area (Å²) >= 11 is 0. The van der Waals surface area contributed by atoms with Crippen molar-refractivity contribution in [2.45, 2.75) is 6.10 Å². The molecule has 1 rings (SSSR count). The summed E-state index contributed by atoms with van der Waals surface area (Å²) in [5.74, 6) is -0.355. The predicted octanol–water partition coefficient (Wildman–Crippen LogP) is -0.888. The van der Waals surface area contributed by atoms with Crippen molar-refractivity contribution in [3.63, 3.8) is 0 Å². The average Bonchev–Trinajstić information content (AvgIpc) is 2.27. The van der Waals surface area contributed by atoms with Gasteiger partial charge in [-0.3, -0.25) is 9.59 Å². The topological polar surface area (TPSA) is 91.4 Å². The minimum atomic E-state index is -0.739. The number of amides is 1. The van der Waals surface area contributed by atoms with Gasteiger partial charge in [-0.25, -0.2) is 0 Å². The molecule has 0 spiro atoms. The third kappa shape index (κ3) is 3.84. The summed E-state index contributed by atoms with van der Waals surface area (Å²) in [5, 5.41) is 11.8. The molecule has 6 nitrogen and oxygen atoms in total. The fourth-order valence-electron chi connectivity index (χ4n) is 1.12. The van der Waals surface area contributed by atoms with Crippen molar-refractivity contribution in [1.82, 2.24) is 10.3 Å². The van der Waals surface area contributed by atoms with E-state index in [0.717, 1.165) is 0 Å². The van der Waals surface area contributed by atoms with Crippen LogP contribution in [0.3, 0.4) is 0 Å². The van der Waals surface area contributed by atoms with E-state index in [4.69, 9.17) is 4.74 Å². The SMILES string of the molecule is COCC(O)CNC(=O)c1ccc(=O)[nH]c1. The van der Waals surface area contributed by atoms with E-state index in [9.17, 15) is 14.7 Å². The number of aliphatic hydroxyl groups is 1. The second-order valence-corrected chi connectivity index (χ2v) is 3.26. The summed E-state index contributed by atoms with van der Waals surface area (Å²) < 4.78 is 4.71. The molecule has 16 heavy (non-hydrogen) atoms. The molecule has 6 heteroatoms. The van der Waals surface area contributed by atoms with Crippen LogP contribution in [0.15, 0.2) is 23.1 Å². The molecule has 1 atom stereocenters. The third-order valence-electron chi connectivity index (χ3n) is 1.90. The highest BCUT2D eigenvalue weighted by atomic mass is 16.5. The molecule has 1 unspecified atom stereocenters. The predicted molar refractivity (Wildman–Crippen MR) is 57.3 cm³/mol. The molecule has 1 heterocycles. The van der Waals surface area contributed by atoms with Crippen LogP contribution in [0, 0.1) is 0 Å². The minimum Gasteiger partial charge on any atom is -0.389 e. The minimum absolute atomic E-state index is 0.103. The van der Waals surface area contributed by atoms with Crippen molar-refractivity contribution >= 4 is 5.91 Å². The van der Waals surface area contributed by atoms with E-state index in [0.29, 0.717) is 5.56 Å². The number of methoxy groups -OCH3 is 1. The zero-order valence-corrected chi connectivity index (χ0v) is 8.90. The van der Waals surface area contributed by atoms with Gasteiger partial charge < -0.3 is 20.1 Å². The van der Waals surface area contributed by atoms with E-state index in [1.807, 2.05) is 0 Å². The molecule has 0 radical (unpaired) electrons. The number of carbonyl (C=O) groups is 1. The van der Waals surface area contributed by atoms with Crippen molar-refractivity contribution in [2.24, 2.45) is 0 Å². The van der Waals surface area contributed by atoms with E-state index < -0.39 is 6.10 Å². The zero-order chi connectivity index (χ0) is 12.0. The van der Waals surface area contributed by atoms with E-state index in [1.165, 1.54) is 25.4 Å². The van der Waals surface area contributed by atoms with E-state index in [1.54, 1.807) is 0 Å². The highest BCUT2D eigenvalue weighted by Gasteiger charge is 2.08. The molecule has 3 N–H and O–H groups in total. The van der Waals surface area contributed by atoms with Gasteiger partial charge in [0.15, 0.2) is 0 Å². The van der Waals surface area contributed by atoms with Crippen LogP contribution in [0.4, 0.5) is 0 Å². The molecule has 0 aliphatic carbocycles. The fraction of sp³-hybridized carbons (Fsp3) is 0.400. The summed E-state index contributed by atoms with van der Waals surface area (Å²) in [4.78, 5) is 24.6. The number of H-pyrrole nitrogens is 1. The van der Waals surface area contributed by atoms with Gasteiger partial charge in [0, 0.05) is 25.9 Å². The van der Waals surface area contributed by atoms with Crippen LogP contribution in [0.5, 0.6) is 0 Å². The van der Waals surface area contributed by atoms with Crippen LogP contribution >= 0.6 is 0 Å². The third-order valence-corrected chi connectivity index (χ3v) is 1.90. The number of carbonyl (C=O) groups excluding carboxylic acids is 1. The number of rotatable bonds is 5. The van der Waals surface area contributed by atoms with Crippen molar-refractivity contribution in [3.05, 3.63) is 34.2 Å². The second kappa shape index (κ2) is 6.04. The van der Waals surface area contributed by atoms with Gasteiger partial charge in [-0.05, 0) is 6.07 Å². The van der Waals surface area contributed by atoms with Crippen LogP contribution in [0.25, 0.3) is 0 Å². The van der Waals surface area contributed by atoms with Crippen molar-refractivity contribution in [3.8, 4) is 0 Å². The lowest BCUT2D eigenvalue weighted by atomic mass is 10.2. The smallest absolute Gasteiger partial charge is 0.252 e. The Bertz CT molecular complexity index is 382. The Morgan fingerprint density at radius 2 is 2.38 bits per heavy atom. The number of nitrogens with one attached hydrogen (secondary N) is 2. The van der Waals surface area contributed by atoms with Crippen molar-refractivity contribution in [1.29, 1.82) is 0 Å². The number of pyridine rings is 1. The fourth-order valence-corrected chi connectivity index (χ4v) is 1.12. The van der Waals surface area contributed by atoms with E-state index >= 15 is 0 Å². The van der Waals surface area contributed by atoms with Crippen LogP contribution < -0.4 is 10.9 Å². The van der Waals surface area contributed by atoms with Gasteiger partial charge in [0.05, 0.1) is 18.3 Å². The van der Waals surface area contributed by atoms with Crippen molar-refractivity contribution in [2.75, 3.05) is 20.3 Å². The Morgan fingerprint density at radius 1 is 1.62 bits per heavy atom. The lowest BCUT2D eigenvalue weighted by Gasteiger charge is -2.10. The van der Waals surface area contributed by atoms with Gasteiger partial charge in [-0.1, -0.05) is 0 Å². The molecule has 1 aromatic rings. The Kier molecular flexibility index (Phi) is 4.68. The van der Waals surface area contributed by atoms with Crippen LogP contribution in [0.2, 0.25) is 0 Å². The van der Waals surface area contributed by atoms with Gasteiger partial charge in [0.2, 0.25) is 5.56 Å². The molecule has 0 aliphatic heterocycles. The van der Waals surface area contributed by atoms with Crippen molar-refractivity contribution < 1.29 is 14.6 Å². The number of aliphatic hydroxyl groups excluding tert-OH is 1. The van der Waals surface area contributed by atoms with Gasteiger partial charge in [-0.15, -0.1) is 0 Å². The van der Waals surface area contributed by atoms with Gasteiger partial charge in [0.25, 0.3) is 5.91 Å². The lowest BCUT2D eigenvalue weighted by Crippen LogP contribution is -2.34. The first-order chi connectivity index (χ1) is 7.63. The largest absolute Gasteiger partial charge is 0.389 e. The highest BCUT2D eigenvalue weighted by Crippen LogP contribution is 1.93. The number of hydrogen-bond donors (Lipinski definition) is 3. The Balaban J connectivity index is 2.46. The summed E-state index contributed by atoms with van der Waals surface area (Å²) in [6.07, 6.45) is 0.581. The second-order valence-electron chi connectivity index (χ2n) is 3.26. The average molecular weight is 226 g/mol. The normalized spacial score (nSPS) is 12.1. The summed E-state index contributed by atoms with van der Waals surface area (Å²) in [6, 6.07) is 2.68. The van der Waals surface area contributed by atoms with Gasteiger partial charge in [-0.2, -0.15) is 0 Å². The maximum absolute atomic E-state index is 11.5. The monoisotopic (exact) mass is 226 g/mol. The molecule has 1 aromatic heterocycles.